The van der Waals surface area contributed by atoms with Crippen molar-refractivity contribution >= 4 is 8.96 Å². The Balaban J connectivity index is 2.85. The lowest BCUT2D eigenvalue weighted by atomic mass is 10.5. The van der Waals surface area contributed by atoms with E-state index in [1.165, 1.54) is 0 Å². The van der Waals surface area contributed by atoms with Crippen LogP contribution in [0.5, 0.6) is 0 Å². The van der Waals surface area contributed by atoms with Gasteiger partial charge in [-0.05, 0) is 25.2 Å². The Hall–Kier alpha value is -0.633. The maximum absolute atomic E-state index is 2.31. The van der Waals surface area contributed by atoms with E-state index >= 15 is 0 Å². The third-order valence-corrected chi connectivity index (χ3v) is 2.87. The molecule has 1 heterocycles. The molecular weight excluding hydrogens is 126 g/mol. The summed E-state index contributed by atoms with van der Waals surface area (Å²) in [5.74, 6) is 0. The summed E-state index contributed by atoms with van der Waals surface area (Å²) in [7, 11) is -0.612. The van der Waals surface area contributed by atoms with Crippen LogP contribution in [0.25, 0.3) is 0 Å². The quantitative estimate of drug-likeness (QED) is 0.506. The standard InChI is InChI=1S/C7H12NSi/c1-9(2)8-6-4-3-5-7-8/h3-7,9H,1-2H3/q+1. The summed E-state index contributed by atoms with van der Waals surface area (Å²) in [6, 6.07) is 6.20. The van der Waals surface area contributed by atoms with Crippen LogP contribution in [0, 0.1) is 0 Å². The van der Waals surface area contributed by atoms with E-state index < -0.39 is 8.96 Å². The minimum atomic E-state index is -0.612. The number of rotatable bonds is 1. The van der Waals surface area contributed by atoms with Crippen molar-refractivity contribution in [3.8, 4) is 0 Å². The van der Waals surface area contributed by atoms with E-state index in [4.69, 9.17) is 0 Å². The second-order valence-electron chi connectivity index (χ2n) is 2.42. The van der Waals surface area contributed by atoms with Crippen LogP contribution in [0.3, 0.4) is 0 Å². The molecule has 0 amide bonds. The van der Waals surface area contributed by atoms with Crippen molar-refractivity contribution in [2.24, 2.45) is 0 Å². The smallest absolute Gasteiger partial charge is 0.282 e. The Labute approximate surface area is 57.6 Å². The predicted molar refractivity (Wildman–Crippen MR) is 40.9 cm³/mol. The topological polar surface area (TPSA) is 3.88 Å². The summed E-state index contributed by atoms with van der Waals surface area (Å²) in [5.41, 5.74) is 0. The van der Waals surface area contributed by atoms with E-state index in [2.05, 4.69) is 41.9 Å². The summed E-state index contributed by atoms with van der Waals surface area (Å²) in [5, 5.41) is 0. The van der Waals surface area contributed by atoms with E-state index in [0.717, 1.165) is 0 Å². The molecule has 1 nitrogen and oxygen atoms in total. The molecule has 9 heavy (non-hydrogen) atoms. The minimum absolute atomic E-state index is 0.612. The van der Waals surface area contributed by atoms with Crippen molar-refractivity contribution in [3.05, 3.63) is 30.6 Å². The molecule has 0 N–H and O–H groups in total. The van der Waals surface area contributed by atoms with Gasteiger partial charge in [0.15, 0.2) is 0 Å². The van der Waals surface area contributed by atoms with E-state index in [-0.39, 0.29) is 0 Å². The predicted octanol–water partition coefficient (Wildman–Crippen LogP) is 0.806. The first-order chi connectivity index (χ1) is 4.30. The van der Waals surface area contributed by atoms with Gasteiger partial charge in [0.05, 0.1) is 0 Å². The first-order valence-electron chi connectivity index (χ1n) is 3.26. The van der Waals surface area contributed by atoms with E-state index in [9.17, 15) is 0 Å². The fraction of sp³-hybridized carbons (Fsp3) is 0.286. The SMILES string of the molecule is C[SiH](C)[n+]1ccccc1. The maximum Gasteiger partial charge on any atom is 0.342 e. The van der Waals surface area contributed by atoms with Crippen LogP contribution in [0.2, 0.25) is 13.1 Å². The molecule has 2 heteroatoms. The molecule has 0 aliphatic heterocycles. The van der Waals surface area contributed by atoms with Crippen molar-refractivity contribution in [3.63, 3.8) is 0 Å². The maximum atomic E-state index is 2.31. The molecule has 0 fully saturated rings. The van der Waals surface area contributed by atoms with Gasteiger partial charge in [-0.25, -0.2) is 0 Å². The van der Waals surface area contributed by atoms with Gasteiger partial charge in [-0.2, -0.15) is 0 Å². The molecule has 0 atom stereocenters. The molecule has 0 aromatic carbocycles. The average Bonchev–Trinajstić information content (AvgIpc) is 1.90. The molecule has 0 spiro atoms. The van der Waals surface area contributed by atoms with Gasteiger partial charge >= 0.3 is 8.96 Å². The van der Waals surface area contributed by atoms with E-state index in [1.807, 2.05) is 6.07 Å². The van der Waals surface area contributed by atoms with Gasteiger partial charge in [-0.15, -0.1) is 0 Å². The van der Waals surface area contributed by atoms with Crippen LogP contribution in [0.15, 0.2) is 30.6 Å². The molecule has 0 aliphatic rings. The normalized spacial score (nSPS) is 10.1. The third kappa shape index (κ3) is 1.64. The number of pyridine rings is 1. The highest BCUT2D eigenvalue weighted by Crippen LogP contribution is 1.78. The van der Waals surface area contributed by atoms with Crippen molar-refractivity contribution in [1.82, 2.24) is 0 Å². The van der Waals surface area contributed by atoms with Gasteiger partial charge in [0.1, 0.15) is 12.4 Å². The first-order valence-corrected chi connectivity index (χ1v) is 6.09. The van der Waals surface area contributed by atoms with Crippen LogP contribution in [-0.2, 0) is 0 Å². The Morgan fingerprint density at radius 2 is 1.56 bits per heavy atom. The zero-order chi connectivity index (χ0) is 6.69. The molecule has 0 saturated carbocycles. The third-order valence-electron chi connectivity index (χ3n) is 1.33. The largest absolute Gasteiger partial charge is 0.342 e. The molecule has 0 radical (unpaired) electrons. The second-order valence-corrected chi connectivity index (χ2v) is 5.20. The first kappa shape index (κ1) is 6.49. The van der Waals surface area contributed by atoms with Gasteiger partial charge in [0, 0.05) is 0 Å². The number of hydrogen-bond donors (Lipinski definition) is 0. The highest BCUT2D eigenvalue weighted by atomic mass is 28.3. The van der Waals surface area contributed by atoms with Crippen molar-refractivity contribution in [2.45, 2.75) is 13.1 Å². The van der Waals surface area contributed by atoms with Gasteiger partial charge in [-0.3, -0.25) is 4.23 Å². The highest BCUT2D eigenvalue weighted by Gasteiger charge is 2.04. The highest BCUT2D eigenvalue weighted by molar-refractivity contribution is 6.45. The summed E-state index contributed by atoms with van der Waals surface area (Å²) in [4.78, 5) is 0. The number of hydrogen-bond acceptors (Lipinski definition) is 0. The molecule has 1 aromatic heterocycles. The van der Waals surface area contributed by atoms with Gasteiger partial charge < -0.3 is 0 Å². The molecule has 0 saturated heterocycles. The Kier molecular flexibility index (Phi) is 2.00. The average molecular weight is 138 g/mol. The van der Waals surface area contributed by atoms with E-state index in [1.54, 1.807) is 0 Å². The Morgan fingerprint density at radius 1 is 1.00 bits per heavy atom. The zero-order valence-electron chi connectivity index (χ0n) is 5.91. The lowest BCUT2D eigenvalue weighted by Gasteiger charge is -1.94. The van der Waals surface area contributed by atoms with Gasteiger partial charge in [-0.1, -0.05) is 6.07 Å². The lowest BCUT2D eigenvalue weighted by Crippen LogP contribution is -2.45. The monoisotopic (exact) mass is 138 g/mol. The zero-order valence-corrected chi connectivity index (χ0v) is 7.07. The number of aromatic nitrogens is 1. The van der Waals surface area contributed by atoms with Gasteiger partial charge in [0.2, 0.25) is 0 Å². The number of nitrogens with zero attached hydrogens (tertiary/aromatic N) is 1. The molecule has 48 valence electrons. The fourth-order valence-corrected chi connectivity index (χ4v) is 1.64. The summed E-state index contributed by atoms with van der Waals surface area (Å²) < 4.78 is 2.31. The van der Waals surface area contributed by atoms with Crippen LogP contribution < -0.4 is 4.23 Å². The molecule has 0 unspecified atom stereocenters. The second kappa shape index (κ2) is 2.78. The summed E-state index contributed by atoms with van der Waals surface area (Å²) in [6.07, 6.45) is 4.27. The minimum Gasteiger partial charge on any atom is -0.282 e. The van der Waals surface area contributed by atoms with Crippen molar-refractivity contribution in [2.75, 3.05) is 0 Å². The van der Waals surface area contributed by atoms with Gasteiger partial charge in [0.25, 0.3) is 0 Å². The van der Waals surface area contributed by atoms with Crippen LogP contribution in [0.4, 0.5) is 0 Å². The van der Waals surface area contributed by atoms with E-state index in [0.29, 0.717) is 0 Å². The molecule has 1 aromatic rings. The summed E-state index contributed by atoms with van der Waals surface area (Å²) >= 11 is 0. The molecule has 0 aliphatic carbocycles. The molecule has 1 rings (SSSR count). The Morgan fingerprint density at radius 3 is 1.89 bits per heavy atom. The molecular formula is C7H12NSi+. The molecule has 0 bridgehead atoms. The summed E-state index contributed by atoms with van der Waals surface area (Å²) in [6.45, 7) is 4.61. The lowest BCUT2D eigenvalue weighted by molar-refractivity contribution is -0.536. The fourth-order valence-electron chi connectivity index (χ4n) is 0.756. The van der Waals surface area contributed by atoms with Crippen LogP contribution in [0.1, 0.15) is 0 Å². The van der Waals surface area contributed by atoms with Crippen molar-refractivity contribution < 1.29 is 4.23 Å². The van der Waals surface area contributed by atoms with Crippen molar-refractivity contribution in [1.29, 1.82) is 0 Å². The van der Waals surface area contributed by atoms with Crippen LogP contribution >= 0.6 is 0 Å². The Bertz CT molecular complexity index is 172. The van der Waals surface area contributed by atoms with Crippen LogP contribution in [-0.4, -0.2) is 8.96 Å².